The van der Waals surface area contributed by atoms with Crippen molar-refractivity contribution in [2.24, 2.45) is 17.6 Å². The molecule has 0 amide bonds. The Kier molecular flexibility index (Phi) is 4.63. The summed E-state index contributed by atoms with van der Waals surface area (Å²) >= 11 is 3.56. The van der Waals surface area contributed by atoms with E-state index in [1.165, 1.54) is 31.2 Å². The lowest BCUT2D eigenvalue weighted by Crippen LogP contribution is -2.28. The predicted octanol–water partition coefficient (Wildman–Crippen LogP) is 4.32. The van der Waals surface area contributed by atoms with Gasteiger partial charge < -0.3 is 5.73 Å². The number of hydrogen-bond donors (Lipinski definition) is 1. The average molecular weight is 296 g/mol. The first-order valence-electron chi connectivity index (χ1n) is 6.68. The van der Waals surface area contributed by atoms with E-state index < -0.39 is 0 Å². The molecule has 0 heterocycles. The van der Waals surface area contributed by atoms with Crippen LogP contribution in [0.5, 0.6) is 0 Å². The number of benzene rings is 1. The van der Waals surface area contributed by atoms with Crippen LogP contribution in [0.2, 0.25) is 0 Å². The second kappa shape index (κ2) is 6.01. The molecule has 1 fully saturated rings. The summed E-state index contributed by atoms with van der Waals surface area (Å²) in [5.74, 6) is 2.11. The molecule has 17 heavy (non-hydrogen) atoms. The van der Waals surface area contributed by atoms with Gasteiger partial charge in [0.25, 0.3) is 0 Å². The molecule has 0 aliphatic heterocycles. The lowest BCUT2D eigenvalue weighted by Gasteiger charge is -2.35. The molecular formula is C15H22BrN. The Morgan fingerprint density at radius 1 is 1.35 bits per heavy atom. The molecule has 0 radical (unpaired) electrons. The van der Waals surface area contributed by atoms with Gasteiger partial charge in [0, 0.05) is 4.47 Å². The van der Waals surface area contributed by atoms with Crippen LogP contribution in [0, 0.1) is 11.8 Å². The maximum absolute atomic E-state index is 6.03. The van der Waals surface area contributed by atoms with Crippen LogP contribution in [-0.4, -0.2) is 6.54 Å². The van der Waals surface area contributed by atoms with Crippen molar-refractivity contribution < 1.29 is 0 Å². The Morgan fingerprint density at radius 2 is 2.12 bits per heavy atom. The summed E-state index contributed by atoms with van der Waals surface area (Å²) in [6.07, 6.45) is 5.48. The largest absolute Gasteiger partial charge is 0.330 e. The SMILES string of the molecule is CC1CCCCC1C(CN)c1cccc(Br)c1. The minimum atomic E-state index is 0.530. The molecule has 0 bridgehead atoms. The Morgan fingerprint density at radius 3 is 2.76 bits per heavy atom. The van der Waals surface area contributed by atoms with Crippen molar-refractivity contribution >= 4 is 15.9 Å². The number of rotatable bonds is 3. The number of hydrogen-bond acceptors (Lipinski definition) is 1. The summed E-state index contributed by atoms with van der Waals surface area (Å²) < 4.78 is 1.16. The van der Waals surface area contributed by atoms with Crippen LogP contribution in [0.3, 0.4) is 0 Å². The first-order chi connectivity index (χ1) is 8.22. The van der Waals surface area contributed by atoms with Crippen molar-refractivity contribution in [3.8, 4) is 0 Å². The average Bonchev–Trinajstić information content (AvgIpc) is 2.33. The molecule has 0 saturated heterocycles. The minimum Gasteiger partial charge on any atom is -0.330 e. The highest BCUT2D eigenvalue weighted by atomic mass is 79.9. The second-order valence-electron chi connectivity index (χ2n) is 5.32. The summed E-state index contributed by atoms with van der Waals surface area (Å²) in [5, 5.41) is 0. The summed E-state index contributed by atoms with van der Waals surface area (Å²) in [6.45, 7) is 3.16. The molecule has 1 aliphatic carbocycles. The smallest absolute Gasteiger partial charge is 0.0178 e. The second-order valence-corrected chi connectivity index (χ2v) is 6.24. The van der Waals surface area contributed by atoms with Crippen molar-refractivity contribution in [2.75, 3.05) is 6.54 Å². The van der Waals surface area contributed by atoms with Crippen LogP contribution in [0.1, 0.15) is 44.1 Å². The zero-order valence-corrected chi connectivity index (χ0v) is 12.1. The molecule has 3 unspecified atom stereocenters. The van der Waals surface area contributed by atoms with Gasteiger partial charge in [-0.05, 0) is 48.4 Å². The van der Waals surface area contributed by atoms with Crippen LogP contribution in [-0.2, 0) is 0 Å². The Bertz CT molecular complexity index is 364. The highest BCUT2D eigenvalue weighted by Gasteiger charge is 2.29. The summed E-state index contributed by atoms with van der Waals surface area (Å²) in [6, 6.07) is 8.67. The molecule has 2 N–H and O–H groups in total. The van der Waals surface area contributed by atoms with Gasteiger partial charge >= 0.3 is 0 Å². The molecular weight excluding hydrogens is 274 g/mol. The van der Waals surface area contributed by atoms with E-state index in [4.69, 9.17) is 5.73 Å². The normalized spacial score (nSPS) is 26.8. The highest BCUT2D eigenvalue weighted by molar-refractivity contribution is 9.10. The van der Waals surface area contributed by atoms with Crippen molar-refractivity contribution in [1.29, 1.82) is 0 Å². The molecule has 0 aromatic heterocycles. The molecule has 2 heteroatoms. The van der Waals surface area contributed by atoms with Crippen molar-refractivity contribution in [1.82, 2.24) is 0 Å². The van der Waals surface area contributed by atoms with E-state index in [2.05, 4.69) is 47.1 Å². The van der Waals surface area contributed by atoms with Gasteiger partial charge in [0.15, 0.2) is 0 Å². The predicted molar refractivity (Wildman–Crippen MR) is 77.1 cm³/mol. The maximum atomic E-state index is 6.03. The van der Waals surface area contributed by atoms with E-state index in [0.29, 0.717) is 5.92 Å². The van der Waals surface area contributed by atoms with Crippen LogP contribution in [0.25, 0.3) is 0 Å². The van der Waals surface area contributed by atoms with Crippen LogP contribution in [0.4, 0.5) is 0 Å². The number of nitrogens with two attached hydrogens (primary N) is 1. The van der Waals surface area contributed by atoms with Gasteiger partial charge in [-0.1, -0.05) is 54.2 Å². The van der Waals surface area contributed by atoms with Gasteiger partial charge in [-0.15, -0.1) is 0 Å². The molecule has 3 atom stereocenters. The zero-order valence-electron chi connectivity index (χ0n) is 10.5. The van der Waals surface area contributed by atoms with E-state index in [-0.39, 0.29) is 0 Å². The summed E-state index contributed by atoms with van der Waals surface area (Å²) in [5.41, 5.74) is 7.44. The molecule has 2 rings (SSSR count). The first-order valence-corrected chi connectivity index (χ1v) is 7.47. The van der Waals surface area contributed by atoms with E-state index in [1.54, 1.807) is 0 Å². The molecule has 94 valence electrons. The van der Waals surface area contributed by atoms with Crippen molar-refractivity contribution in [2.45, 2.75) is 38.5 Å². The molecule has 1 aliphatic rings. The Labute approximate surface area is 113 Å². The van der Waals surface area contributed by atoms with Gasteiger partial charge in [0.05, 0.1) is 0 Å². The van der Waals surface area contributed by atoms with Crippen molar-refractivity contribution in [3.63, 3.8) is 0 Å². The fourth-order valence-corrected chi connectivity index (χ4v) is 3.65. The highest BCUT2D eigenvalue weighted by Crippen LogP contribution is 2.39. The van der Waals surface area contributed by atoms with Gasteiger partial charge in [-0.25, -0.2) is 0 Å². The molecule has 1 nitrogen and oxygen atoms in total. The molecule has 1 aromatic carbocycles. The third-order valence-electron chi connectivity index (χ3n) is 4.23. The standard InChI is InChI=1S/C15H22BrN/c1-11-5-2-3-8-14(11)15(10-17)12-6-4-7-13(16)9-12/h4,6-7,9,11,14-15H,2-3,5,8,10,17H2,1H3. The third kappa shape index (κ3) is 3.11. The van der Waals surface area contributed by atoms with E-state index in [9.17, 15) is 0 Å². The van der Waals surface area contributed by atoms with Gasteiger partial charge in [0.2, 0.25) is 0 Å². The Hall–Kier alpha value is -0.340. The number of halogens is 1. The summed E-state index contributed by atoms with van der Waals surface area (Å²) in [4.78, 5) is 0. The minimum absolute atomic E-state index is 0.530. The fraction of sp³-hybridized carbons (Fsp3) is 0.600. The topological polar surface area (TPSA) is 26.0 Å². The van der Waals surface area contributed by atoms with Crippen LogP contribution >= 0.6 is 15.9 Å². The van der Waals surface area contributed by atoms with Gasteiger partial charge in [-0.3, -0.25) is 0 Å². The maximum Gasteiger partial charge on any atom is 0.0178 e. The lowest BCUT2D eigenvalue weighted by molar-refractivity contribution is 0.218. The van der Waals surface area contributed by atoms with Crippen molar-refractivity contribution in [3.05, 3.63) is 34.3 Å². The monoisotopic (exact) mass is 295 g/mol. The quantitative estimate of drug-likeness (QED) is 0.883. The van der Waals surface area contributed by atoms with E-state index in [1.807, 2.05) is 0 Å². The van der Waals surface area contributed by atoms with Crippen LogP contribution < -0.4 is 5.73 Å². The lowest BCUT2D eigenvalue weighted by atomic mass is 9.71. The molecule has 1 aromatic rings. The van der Waals surface area contributed by atoms with Crippen LogP contribution in [0.15, 0.2) is 28.7 Å². The van der Waals surface area contributed by atoms with E-state index in [0.717, 1.165) is 22.9 Å². The van der Waals surface area contributed by atoms with Gasteiger partial charge in [-0.2, -0.15) is 0 Å². The molecule has 0 spiro atoms. The third-order valence-corrected chi connectivity index (χ3v) is 4.72. The summed E-state index contributed by atoms with van der Waals surface area (Å²) in [7, 11) is 0. The Balaban J connectivity index is 2.20. The van der Waals surface area contributed by atoms with Gasteiger partial charge in [0.1, 0.15) is 0 Å². The zero-order chi connectivity index (χ0) is 12.3. The molecule has 1 saturated carbocycles. The first kappa shape index (κ1) is 13.1. The van der Waals surface area contributed by atoms with E-state index >= 15 is 0 Å². The fourth-order valence-electron chi connectivity index (χ4n) is 3.24.